The maximum atomic E-state index is 5.16. The summed E-state index contributed by atoms with van der Waals surface area (Å²) in [5.41, 5.74) is 1.21. The highest BCUT2D eigenvalue weighted by atomic mass is 16.5. The summed E-state index contributed by atoms with van der Waals surface area (Å²) in [6, 6.07) is 8.18. The van der Waals surface area contributed by atoms with E-state index in [0.29, 0.717) is 0 Å². The topological polar surface area (TPSA) is 15.7 Å². The van der Waals surface area contributed by atoms with Gasteiger partial charge in [0.1, 0.15) is 5.75 Å². The Morgan fingerprint density at radius 2 is 1.94 bits per heavy atom. The molecule has 0 aliphatic carbocycles. The predicted molar refractivity (Wildman–Crippen MR) is 71.1 cm³/mol. The van der Waals surface area contributed by atoms with Crippen LogP contribution in [0.3, 0.4) is 0 Å². The van der Waals surface area contributed by atoms with Crippen LogP contribution in [-0.2, 0) is 0 Å². The molecule has 1 heterocycles. The molecular formula is C14H20N2O. The van der Waals surface area contributed by atoms with Crippen molar-refractivity contribution in [3.63, 3.8) is 0 Å². The van der Waals surface area contributed by atoms with Crippen molar-refractivity contribution in [1.29, 1.82) is 0 Å². The first-order chi connectivity index (χ1) is 8.33. The molecular weight excluding hydrogens is 212 g/mol. The molecule has 0 saturated heterocycles. The van der Waals surface area contributed by atoms with Gasteiger partial charge in [-0.25, -0.2) is 0 Å². The predicted octanol–water partition coefficient (Wildman–Crippen LogP) is 3.05. The summed E-state index contributed by atoms with van der Waals surface area (Å²) >= 11 is 0. The molecule has 17 heavy (non-hydrogen) atoms. The smallest absolute Gasteiger partial charge is 0.119 e. The van der Waals surface area contributed by atoms with Gasteiger partial charge in [-0.15, -0.1) is 0 Å². The number of ether oxygens (including phenoxy) is 1. The van der Waals surface area contributed by atoms with Crippen molar-refractivity contribution in [1.82, 2.24) is 4.90 Å². The minimum absolute atomic E-state index is 0.903. The van der Waals surface area contributed by atoms with Gasteiger partial charge in [0, 0.05) is 24.6 Å². The molecule has 0 fully saturated rings. The van der Waals surface area contributed by atoms with Crippen LogP contribution in [0.15, 0.2) is 36.7 Å². The van der Waals surface area contributed by atoms with Gasteiger partial charge in [-0.2, -0.15) is 0 Å². The first-order valence-electron chi connectivity index (χ1n) is 6.16. The number of benzene rings is 1. The second-order valence-electron chi connectivity index (χ2n) is 4.27. The SMILES string of the molecule is CCCCN1C=CN(c2ccc(OC)cc2)C1. The van der Waals surface area contributed by atoms with Crippen molar-refractivity contribution in [2.24, 2.45) is 0 Å². The summed E-state index contributed by atoms with van der Waals surface area (Å²) in [6.07, 6.45) is 6.80. The lowest BCUT2D eigenvalue weighted by Gasteiger charge is -2.21. The van der Waals surface area contributed by atoms with Crippen molar-refractivity contribution < 1.29 is 4.74 Å². The van der Waals surface area contributed by atoms with E-state index >= 15 is 0 Å². The first kappa shape index (κ1) is 11.8. The Kier molecular flexibility index (Phi) is 3.91. The summed E-state index contributed by atoms with van der Waals surface area (Å²) in [5, 5.41) is 0. The zero-order valence-corrected chi connectivity index (χ0v) is 10.6. The van der Waals surface area contributed by atoms with E-state index in [4.69, 9.17) is 4.74 Å². The zero-order chi connectivity index (χ0) is 12.1. The average molecular weight is 232 g/mol. The van der Waals surface area contributed by atoms with Gasteiger partial charge in [0.2, 0.25) is 0 Å². The molecule has 0 N–H and O–H groups in total. The van der Waals surface area contributed by atoms with Crippen LogP contribution in [0.4, 0.5) is 5.69 Å². The van der Waals surface area contributed by atoms with Crippen molar-refractivity contribution in [3.8, 4) is 5.75 Å². The molecule has 0 bridgehead atoms. The van der Waals surface area contributed by atoms with E-state index in [2.05, 4.69) is 41.3 Å². The van der Waals surface area contributed by atoms with Gasteiger partial charge >= 0.3 is 0 Å². The fraction of sp³-hybridized carbons (Fsp3) is 0.429. The molecule has 0 unspecified atom stereocenters. The second kappa shape index (κ2) is 5.62. The highest BCUT2D eigenvalue weighted by Crippen LogP contribution is 2.22. The van der Waals surface area contributed by atoms with Gasteiger partial charge in [0.05, 0.1) is 13.8 Å². The van der Waals surface area contributed by atoms with Crippen LogP contribution in [0.25, 0.3) is 0 Å². The maximum absolute atomic E-state index is 5.16. The lowest BCUT2D eigenvalue weighted by Crippen LogP contribution is -2.25. The summed E-state index contributed by atoms with van der Waals surface area (Å²) in [7, 11) is 1.69. The molecule has 2 rings (SSSR count). The van der Waals surface area contributed by atoms with Gasteiger partial charge in [-0.3, -0.25) is 0 Å². The highest BCUT2D eigenvalue weighted by molar-refractivity contribution is 5.52. The monoisotopic (exact) mass is 232 g/mol. The number of hydrogen-bond donors (Lipinski definition) is 0. The van der Waals surface area contributed by atoms with Crippen LogP contribution in [0.2, 0.25) is 0 Å². The number of hydrogen-bond acceptors (Lipinski definition) is 3. The van der Waals surface area contributed by atoms with Crippen molar-refractivity contribution >= 4 is 5.69 Å². The fourth-order valence-electron chi connectivity index (χ4n) is 1.91. The Balaban J connectivity index is 1.93. The number of anilines is 1. The third-order valence-electron chi connectivity index (χ3n) is 2.99. The summed E-state index contributed by atoms with van der Waals surface area (Å²) in [5.74, 6) is 0.903. The lowest BCUT2D eigenvalue weighted by atomic mass is 10.3. The fourth-order valence-corrected chi connectivity index (χ4v) is 1.91. The van der Waals surface area contributed by atoms with Crippen molar-refractivity contribution in [2.75, 3.05) is 25.2 Å². The minimum Gasteiger partial charge on any atom is -0.497 e. The van der Waals surface area contributed by atoms with Crippen LogP contribution >= 0.6 is 0 Å². The van der Waals surface area contributed by atoms with Crippen LogP contribution in [0.1, 0.15) is 19.8 Å². The molecule has 0 radical (unpaired) electrons. The quantitative estimate of drug-likeness (QED) is 0.776. The van der Waals surface area contributed by atoms with Gasteiger partial charge in [0.15, 0.2) is 0 Å². The number of unbranched alkanes of at least 4 members (excludes halogenated alkanes) is 1. The van der Waals surface area contributed by atoms with Crippen molar-refractivity contribution in [2.45, 2.75) is 19.8 Å². The highest BCUT2D eigenvalue weighted by Gasteiger charge is 2.12. The molecule has 3 nitrogen and oxygen atoms in total. The van der Waals surface area contributed by atoms with Crippen LogP contribution in [0.5, 0.6) is 5.75 Å². The third-order valence-corrected chi connectivity index (χ3v) is 2.99. The molecule has 1 aliphatic rings. The van der Waals surface area contributed by atoms with Gasteiger partial charge in [-0.1, -0.05) is 13.3 Å². The minimum atomic E-state index is 0.903. The van der Waals surface area contributed by atoms with Gasteiger partial charge < -0.3 is 14.5 Å². The Morgan fingerprint density at radius 3 is 2.59 bits per heavy atom. The zero-order valence-electron chi connectivity index (χ0n) is 10.6. The third kappa shape index (κ3) is 2.93. The Morgan fingerprint density at radius 1 is 1.18 bits per heavy atom. The average Bonchev–Trinajstić information content (AvgIpc) is 2.85. The molecule has 0 aromatic heterocycles. The largest absolute Gasteiger partial charge is 0.497 e. The summed E-state index contributed by atoms with van der Waals surface area (Å²) in [6.45, 7) is 4.31. The van der Waals surface area contributed by atoms with Crippen LogP contribution in [-0.4, -0.2) is 25.2 Å². The van der Waals surface area contributed by atoms with E-state index in [0.717, 1.165) is 19.0 Å². The molecule has 0 saturated carbocycles. The van der Waals surface area contributed by atoms with Gasteiger partial charge in [-0.05, 0) is 30.7 Å². The molecule has 0 atom stereocenters. The molecule has 92 valence electrons. The summed E-state index contributed by atoms with van der Waals surface area (Å²) in [4.78, 5) is 4.59. The van der Waals surface area contributed by atoms with E-state index in [-0.39, 0.29) is 0 Å². The summed E-state index contributed by atoms with van der Waals surface area (Å²) < 4.78 is 5.16. The maximum Gasteiger partial charge on any atom is 0.119 e. The normalized spacial score (nSPS) is 14.5. The van der Waals surface area contributed by atoms with Crippen molar-refractivity contribution in [3.05, 3.63) is 36.7 Å². The lowest BCUT2D eigenvalue weighted by molar-refractivity contribution is 0.396. The molecule has 1 aromatic carbocycles. The molecule has 0 spiro atoms. The van der Waals surface area contributed by atoms with Gasteiger partial charge in [0.25, 0.3) is 0 Å². The number of methoxy groups -OCH3 is 1. The van der Waals surface area contributed by atoms with E-state index in [9.17, 15) is 0 Å². The molecule has 1 aliphatic heterocycles. The van der Waals surface area contributed by atoms with E-state index in [1.807, 2.05) is 12.1 Å². The Bertz CT molecular complexity index is 372. The Hall–Kier alpha value is -1.64. The Labute approximate surface area is 103 Å². The van der Waals surface area contributed by atoms with E-state index in [1.54, 1.807) is 7.11 Å². The molecule has 1 aromatic rings. The van der Waals surface area contributed by atoms with Crippen LogP contribution < -0.4 is 9.64 Å². The second-order valence-corrected chi connectivity index (χ2v) is 4.27. The first-order valence-corrected chi connectivity index (χ1v) is 6.16. The standard InChI is InChI=1S/C14H20N2O/c1-3-4-9-15-10-11-16(12-15)13-5-7-14(17-2)8-6-13/h5-8,10-11H,3-4,9,12H2,1-2H3. The van der Waals surface area contributed by atoms with E-state index in [1.165, 1.54) is 18.5 Å². The van der Waals surface area contributed by atoms with E-state index < -0.39 is 0 Å². The van der Waals surface area contributed by atoms with Crippen LogP contribution in [0, 0.1) is 0 Å². The molecule has 3 heteroatoms. The number of rotatable bonds is 5. The molecule has 0 amide bonds. The number of nitrogens with zero attached hydrogens (tertiary/aromatic N) is 2.